The van der Waals surface area contributed by atoms with E-state index in [1.807, 2.05) is 57.4 Å². The van der Waals surface area contributed by atoms with Gasteiger partial charge in [-0.05, 0) is 69.7 Å². The molecular weight excluding hydrogens is 430 g/mol. The largest absolute Gasteiger partial charge is 0.460 e. The van der Waals surface area contributed by atoms with Crippen molar-refractivity contribution in [2.45, 2.75) is 71.8 Å². The molecule has 2 aromatic heterocycles. The van der Waals surface area contributed by atoms with E-state index in [2.05, 4.69) is 26.9 Å². The van der Waals surface area contributed by atoms with E-state index in [0.29, 0.717) is 30.9 Å². The summed E-state index contributed by atoms with van der Waals surface area (Å²) >= 11 is 0. The third-order valence-electron chi connectivity index (χ3n) is 4.96. The van der Waals surface area contributed by atoms with E-state index in [9.17, 15) is 4.79 Å². The molecule has 2 heterocycles. The Hall–Kier alpha value is -3.55. The van der Waals surface area contributed by atoms with E-state index in [4.69, 9.17) is 15.2 Å². The zero-order valence-corrected chi connectivity index (χ0v) is 20.4. The highest BCUT2D eigenvalue weighted by atomic mass is 16.6. The topological polar surface area (TPSA) is 113 Å². The number of ether oxygens (including phenoxy) is 2. The van der Waals surface area contributed by atoms with Gasteiger partial charge in [-0.15, -0.1) is 0 Å². The number of anilines is 1. The van der Waals surface area contributed by atoms with Crippen molar-refractivity contribution < 1.29 is 14.3 Å². The summed E-state index contributed by atoms with van der Waals surface area (Å²) in [6.07, 6.45) is 7.81. The molecule has 8 heteroatoms. The van der Waals surface area contributed by atoms with Gasteiger partial charge in [-0.1, -0.05) is 19.1 Å². The molecule has 0 aliphatic rings. The van der Waals surface area contributed by atoms with Gasteiger partial charge in [0.15, 0.2) is 0 Å². The zero-order valence-electron chi connectivity index (χ0n) is 20.4. The summed E-state index contributed by atoms with van der Waals surface area (Å²) in [6.45, 7) is 7.69. The van der Waals surface area contributed by atoms with Gasteiger partial charge < -0.3 is 15.2 Å². The number of benzene rings is 1. The van der Waals surface area contributed by atoms with Crippen LogP contribution in [0.15, 0.2) is 42.7 Å². The number of hydrogen-bond donors (Lipinski definition) is 1. The van der Waals surface area contributed by atoms with E-state index in [1.165, 1.54) is 0 Å². The lowest BCUT2D eigenvalue weighted by atomic mass is 10.1. The smallest absolute Gasteiger partial charge is 0.306 e. The highest BCUT2D eigenvalue weighted by molar-refractivity contribution is 5.69. The number of rotatable bonds is 10. The maximum absolute atomic E-state index is 11.8. The summed E-state index contributed by atoms with van der Waals surface area (Å²) < 4.78 is 11.2. The molecule has 3 rings (SSSR count). The van der Waals surface area contributed by atoms with Crippen LogP contribution in [-0.4, -0.2) is 31.5 Å². The first-order valence-electron chi connectivity index (χ1n) is 11.6. The fourth-order valence-corrected chi connectivity index (χ4v) is 3.28. The highest BCUT2D eigenvalue weighted by Crippen LogP contribution is 2.22. The molecule has 180 valence electrons. The molecule has 0 atom stereocenters. The van der Waals surface area contributed by atoms with Crippen molar-refractivity contribution in [1.82, 2.24) is 19.9 Å². The fourth-order valence-electron chi connectivity index (χ4n) is 3.28. The number of carbonyl (C=O) groups excluding carboxylic acids is 1. The first-order chi connectivity index (χ1) is 16.2. The monoisotopic (exact) mass is 463 g/mol. The van der Waals surface area contributed by atoms with Crippen molar-refractivity contribution in [3.05, 3.63) is 65.4 Å². The Morgan fingerprint density at radius 3 is 2.32 bits per heavy atom. The van der Waals surface area contributed by atoms with Gasteiger partial charge in [0.2, 0.25) is 11.8 Å². The molecule has 0 aliphatic heterocycles. The minimum Gasteiger partial charge on any atom is -0.460 e. The average molecular weight is 464 g/mol. The second-order valence-corrected chi connectivity index (χ2v) is 9.10. The van der Waals surface area contributed by atoms with Gasteiger partial charge in [0.25, 0.3) is 0 Å². The Labute approximate surface area is 201 Å². The van der Waals surface area contributed by atoms with Crippen LogP contribution >= 0.6 is 0 Å². The number of aryl methyl sites for hydroxylation is 4. The standard InChI is InChI=1S/C26H33N5O3/c1-5-18-16-28-22(29-17-18)14-11-20-15-23(31-25(27)30-20)33-21-12-9-19(10-13-21)7-6-8-24(32)34-26(2,3)4/h9-10,12-13,15-17H,5-8,11,14H2,1-4H3,(H2,27,30,31). The number of carbonyl (C=O) groups is 1. The predicted octanol–water partition coefficient (Wildman–Crippen LogP) is 4.65. The van der Waals surface area contributed by atoms with Gasteiger partial charge in [-0.25, -0.2) is 15.0 Å². The summed E-state index contributed by atoms with van der Waals surface area (Å²) in [4.78, 5) is 29.1. The quantitative estimate of drug-likeness (QED) is 0.432. The first-order valence-corrected chi connectivity index (χ1v) is 11.6. The average Bonchev–Trinajstić information content (AvgIpc) is 2.78. The number of nitrogens with two attached hydrogens (primary N) is 1. The van der Waals surface area contributed by atoms with Crippen LogP contribution in [0.3, 0.4) is 0 Å². The van der Waals surface area contributed by atoms with Gasteiger partial charge in [-0.2, -0.15) is 4.98 Å². The minimum absolute atomic E-state index is 0.161. The Morgan fingerprint density at radius 1 is 0.971 bits per heavy atom. The van der Waals surface area contributed by atoms with Gasteiger partial charge in [0.05, 0.1) is 5.69 Å². The van der Waals surface area contributed by atoms with Gasteiger partial charge in [-0.3, -0.25) is 4.79 Å². The van der Waals surface area contributed by atoms with Crippen LogP contribution in [0.4, 0.5) is 5.95 Å². The Kier molecular flexibility index (Phi) is 8.51. The lowest BCUT2D eigenvalue weighted by molar-refractivity contribution is -0.154. The second-order valence-electron chi connectivity index (χ2n) is 9.10. The molecule has 0 unspecified atom stereocenters. The lowest BCUT2D eigenvalue weighted by Crippen LogP contribution is -2.23. The minimum atomic E-state index is -0.450. The maximum Gasteiger partial charge on any atom is 0.306 e. The Balaban J connectivity index is 1.52. The van der Waals surface area contributed by atoms with Crippen LogP contribution < -0.4 is 10.5 Å². The molecule has 0 saturated carbocycles. The van der Waals surface area contributed by atoms with Crippen LogP contribution in [0.2, 0.25) is 0 Å². The summed E-state index contributed by atoms with van der Waals surface area (Å²) in [5.41, 5.74) is 8.44. The van der Waals surface area contributed by atoms with Crippen LogP contribution in [0.5, 0.6) is 11.6 Å². The molecule has 0 amide bonds. The van der Waals surface area contributed by atoms with Gasteiger partial charge in [0.1, 0.15) is 17.2 Å². The van der Waals surface area contributed by atoms with Gasteiger partial charge >= 0.3 is 5.97 Å². The second kappa shape index (κ2) is 11.5. The maximum atomic E-state index is 11.8. The van der Waals surface area contributed by atoms with Crippen LogP contribution in [0, 0.1) is 0 Å². The number of nitrogens with zero attached hydrogens (tertiary/aromatic N) is 4. The lowest BCUT2D eigenvalue weighted by Gasteiger charge is -2.19. The molecule has 0 radical (unpaired) electrons. The van der Waals surface area contributed by atoms with E-state index in [1.54, 1.807) is 6.07 Å². The molecule has 0 saturated heterocycles. The normalized spacial score (nSPS) is 11.3. The van der Waals surface area contributed by atoms with Crippen molar-refractivity contribution >= 4 is 11.9 Å². The zero-order chi connectivity index (χ0) is 24.6. The van der Waals surface area contributed by atoms with Crippen LogP contribution in [-0.2, 0) is 35.2 Å². The summed E-state index contributed by atoms with van der Waals surface area (Å²) in [5.74, 6) is 1.79. The molecule has 0 aliphatic carbocycles. The van der Waals surface area contributed by atoms with Gasteiger partial charge in [0, 0.05) is 31.3 Å². The van der Waals surface area contributed by atoms with Crippen molar-refractivity contribution in [1.29, 1.82) is 0 Å². The summed E-state index contributed by atoms with van der Waals surface area (Å²) in [6, 6.07) is 9.50. The number of aromatic nitrogens is 4. The van der Waals surface area contributed by atoms with Crippen LogP contribution in [0.25, 0.3) is 0 Å². The highest BCUT2D eigenvalue weighted by Gasteiger charge is 2.15. The Morgan fingerprint density at radius 2 is 1.68 bits per heavy atom. The molecule has 0 spiro atoms. The summed E-state index contributed by atoms with van der Waals surface area (Å²) in [7, 11) is 0. The predicted molar refractivity (Wildman–Crippen MR) is 131 cm³/mol. The Bertz CT molecular complexity index is 1080. The third kappa shape index (κ3) is 8.42. The molecule has 1 aromatic carbocycles. The third-order valence-corrected chi connectivity index (χ3v) is 4.96. The SMILES string of the molecule is CCc1cnc(CCc2cc(Oc3ccc(CCCC(=O)OC(C)(C)C)cc3)nc(N)n2)nc1. The molecule has 3 aromatic rings. The van der Waals surface area contributed by atoms with Crippen molar-refractivity contribution in [3.8, 4) is 11.6 Å². The fraction of sp³-hybridized carbons (Fsp3) is 0.423. The summed E-state index contributed by atoms with van der Waals surface area (Å²) in [5, 5.41) is 0. The number of hydrogen-bond acceptors (Lipinski definition) is 8. The molecule has 0 fully saturated rings. The number of esters is 1. The van der Waals surface area contributed by atoms with E-state index in [0.717, 1.165) is 41.9 Å². The van der Waals surface area contributed by atoms with Crippen molar-refractivity contribution in [2.75, 3.05) is 5.73 Å². The van der Waals surface area contributed by atoms with Crippen molar-refractivity contribution in [3.63, 3.8) is 0 Å². The molecule has 34 heavy (non-hydrogen) atoms. The number of nitrogen functional groups attached to an aromatic ring is 1. The molecule has 8 nitrogen and oxygen atoms in total. The van der Waals surface area contributed by atoms with E-state index < -0.39 is 5.60 Å². The molecule has 0 bridgehead atoms. The molecular formula is C26H33N5O3. The van der Waals surface area contributed by atoms with E-state index >= 15 is 0 Å². The van der Waals surface area contributed by atoms with Crippen LogP contribution in [0.1, 0.15) is 63.2 Å². The van der Waals surface area contributed by atoms with E-state index in [-0.39, 0.29) is 11.9 Å². The molecule has 2 N–H and O–H groups in total. The van der Waals surface area contributed by atoms with Crippen molar-refractivity contribution in [2.24, 2.45) is 0 Å². The first kappa shape index (κ1) is 25.1.